The Balaban J connectivity index is 1.80. The van der Waals surface area contributed by atoms with Crippen LogP contribution < -0.4 is 15.4 Å². The Hall–Kier alpha value is -1.49. The summed E-state index contributed by atoms with van der Waals surface area (Å²) < 4.78 is 10.7. The van der Waals surface area contributed by atoms with Crippen molar-refractivity contribution in [2.24, 2.45) is 5.41 Å². The van der Waals surface area contributed by atoms with Crippen LogP contribution in [-0.2, 0) is 4.74 Å². The zero-order chi connectivity index (χ0) is 12.6. The predicted molar refractivity (Wildman–Crippen MR) is 69.9 cm³/mol. The number of hydrogen-bond donors (Lipinski definition) is 1. The monoisotopic (exact) mass is 249 g/mol. The van der Waals surface area contributed by atoms with Gasteiger partial charge in [-0.25, -0.2) is 0 Å². The van der Waals surface area contributed by atoms with Gasteiger partial charge in [-0.05, 0) is 25.0 Å². The molecule has 5 nitrogen and oxygen atoms in total. The van der Waals surface area contributed by atoms with Crippen molar-refractivity contribution < 1.29 is 9.47 Å². The topological polar surface area (TPSA) is 60.6 Å². The molecule has 0 amide bonds. The minimum atomic E-state index is 0.344. The second-order valence-corrected chi connectivity index (χ2v) is 5.24. The number of anilines is 2. The largest absolute Gasteiger partial charge is 0.479 e. The van der Waals surface area contributed by atoms with Crippen LogP contribution in [0.2, 0.25) is 0 Å². The predicted octanol–water partition coefficient (Wildman–Crippen LogP) is 1.29. The molecule has 0 aromatic carbocycles. The highest BCUT2D eigenvalue weighted by atomic mass is 16.5. The van der Waals surface area contributed by atoms with E-state index in [0.29, 0.717) is 17.0 Å². The molecule has 1 spiro atoms. The van der Waals surface area contributed by atoms with E-state index >= 15 is 0 Å². The second-order valence-electron chi connectivity index (χ2n) is 5.24. The molecule has 18 heavy (non-hydrogen) atoms. The van der Waals surface area contributed by atoms with Gasteiger partial charge in [-0.1, -0.05) is 0 Å². The molecule has 5 heteroatoms. The van der Waals surface area contributed by atoms with E-state index in [9.17, 15) is 0 Å². The van der Waals surface area contributed by atoms with Gasteiger partial charge in [0.2, 0.25) is 5.88 Å². The lowest BCUT2D eigenvalue weighted by atomic mass is 9.87. The number of methoxy groups -OCH3 is 1. The summed E-state index contributed by atoms with van der Waals surface area (Å²) in [6, 6.07) is 3.82. The summed E-state index contributed by atoms with van der Waals surface area (Å²) in [5, 5.41) is 0. The Morgan fingerprint density at radius 3 is 3.06 bits per heavy atom. The third kappa shape index (κ3) is 1.88. The minimum absolute atomic E-state index is 0.344. The number of hydrogen-bond acceptors (Lipinski definition) is 5. The molecule has 2 N–H and O–H groups in total. The van der Waals surface area contributed by atoms with Crippen molar-refractivity contribution in [2.75, 3.05) is 44.0 Å². The van der Waals surface area contributed by atoms with Crippen molar-refractivity contribution in [3.8, 4) is 5.88 Å². The van der Waals surface area contributed by atoms with E-state index in [4.69, 9.17) is 15.2 Å². The fraction of sp³-hybridized carbons (Fsp3) is 0.615. The Labute approximate surface area is 107 Å². The van der Waals surface area contributed by atoms with Crippen LogP contribution >= 0.6 is 0 Å². The van der Waals surface area contributed by atoms with E-state index in [2.05, 4.69) is 9.88 Å². The standard InChI is InChI=1S/C13H19N3O2/c1-17-12-10(14)2-3-11(15-12)16-6-4-13(8-16)5-7-18-9-13/h2-3H,4-9,14H2,1H3. The summed E-state index contributed by atoms with van der Waals surface area (Å²) in [6.07, 6.45) is 2.34. The van der Waals surface area contributed by atoms with Gasteiger partial charge in [0, 0.05) is 25.1 Å². The summed E-state index contributed by atoms with van der Waals surface area (Å²) >= 11 is 0. The van der Waals surface area contributed by atoms with Gasteiger partial charge in [0.25, 0.3) is 0 Å². The maximum Gasteiger partial charge on any atom is 0.238 e. The van der Waals surface area contributed by atoms with Crippen LogP contribution in [0, 0.1) is 5.41 Å². The third-order valence-electron chi connectivity index (χ3n) is 4.02. The van der Waals surface area contributed by atoms with Crippen LogP contribution in [0.3, 0.4) is 0 Å². The lowest BCUT2D eigenvalue weighted by Crippen LogP contribution is -2.27. The van der Waals surface area contributed by atoms with Gasteiger partial charge in [-0.3, -0.25) is 0 Å². The summed E-state index contributed by atoms with van der Waals surface area (Å²) in [4.78, 5) is 6.77. The van der Waals surface area contributed by atoms with Crippen molar-refractivity contribution in [3.63, 3.8) is 0 Å². The lowest BCUT2D eigenvalue weighted by Gasteiger charge is -2.23. The van der Waals surface area contributed by atoms with Crippen LogP contribution in [0.1, 0.15) is 12.8 Å². The van der Waals surface area contributed by atoms with E-state index in [1.165, 1.54) is 6.42 Å². The zero-order valence-corrected chi connectivity index (χ0v) is 10.7. The molecular formula is C13H19N3O2. The molecular weight excluding hydrogens is 230 g/mol. The Morgan fingerprint density at radius 1 is 1.44 bits per heavy atom. The van der Waals surface area contributed by atoms with E-state index in [1.54, 1.807) is 7.11 Å². The summed E-state index contributed by atoms with van der Waals surface area (Å²) in [5.41, 5.74) is 6.71. The molecule has 98 valence electrons. The van der Waals surface area contributed by atoms with Gasteiger partial charge in [-0.2, -0.15) is 4.98 Å². The summed E-state index contributed by atoms with van der Waals surface area (Å²) in [6.45, 7) is 3.83. The quantitative estimate of drug-likeness (QED) is 0.855. The van der Waals surface area contributed by atoms with Crippen LogP contribution in [0.15, 0.2) is 12.1 Å². The van der Waals surface area contributed by atoms with Gasteiger partial charge in [0.05, 0.1) is 19.4 Å². The third-order valence-corrected chi connectivity index (χ3v) is 4.02. The molecule has 2 fully saturated rings. The average molecular weight is 249 g/mol. The number of nitrogens with zero attached hydrogens (tertiary/aromatic N) is 2. The fourth-order valence-corrected chi connectivity index (χ4v) is 2.88. The molecule has 0 radical (unpaired) electrons. The molecule has 0 saturated carbocycles. The maximum absolute atomic E-state index is 5.79. The molecule has 0 bridgehead atoms. The van der Waals surface area contributed by atoms with Gasteiger partial charge < -0.3 is 20.1 Å². The SMILES string of the molecule is COc1nc(N2CCC3(CCOC3)C2)ccc1N. The first-order valence-corrected chi connectivity index (χ1v) is 6.36. The van der Waals surface area contributed by atoms with E-state index in [0.717, 1.165) is 38.5 Å². The highest BCUT2D eigenvalue weighted by Gasteiger charge is 2.41. The molecule has 2 aliphatic rings. The van der Waals surface area contributed by atoms with Crippen molar-refractivity contribution in [3.05, 3.63) is 12.1 Å². The Morgan fingerprint density at radius 2 is 2.33 bits per heavy atom. The number of aromatic nitrogens is 1. The Kier molecular flexibility index (Phi) is 2.78. The molecule has 1 aromatic rings. The molecule has 1 atom stereocenters. The summed E-state index contributed by atoms with van der Waals surface area (Å²) in [7, 11) is 1.60. The second kappa shape index (κ2) is 4.31. The molecule has 3 rings (SSSR count). The van der Waals surface area contributed by atoms with Gasteiger partial charge >= 0.3 is 0 Å². The maximum atomic E-state index is 5.79. The molecule has 3 heterocycles. The summed E-state index contributed by atoms with van der Waals surface area (Å²) in [5.74, 6) is 1.46. The van der Waals surface area contributed by atoms with Gasteiger partial charge in [0.15, 0.2) is 0 Å². The van der Waals surface area contributed by atoms with E-state index in [1.807, 2.05) is 12.1 Å². The zero-order valence-electron chi connectivity index (χ0n) is 10.7. The first kappa shape index (κ1) is 11.6. The van der Waals surface area contributed by atoms with Gasteiger partial charge in [-0.15, -0.1) is 0 Å². The first-order valence-electron chi connectivity index (χ1n) is 6.36. The molecule has 0 aliphatic carbocycles. The van der Waals surface area contributed by atoms with Crippen LogP contribution in [0.5, 0.6) is 5.88 Å². The number of nitrogen functional groups attached to an aromatic ring is 1. The molecule has 2 saturated heterocycles. The highest BCUT2D eigenvalue weighted by Crippen LogP contribution is 2.40. The lowest BCUT2D eigenvalue weighted by molar-refractivity contribution is 0.160. The molecule has 1 unspecified atom stereocenters. The number of rotatable bonds is 2. The number of pyridine rings is 1. The van der Waals surface area contributed by atoms with Crippen molar-refractivity contribution in [1.82, 2.24) is 4.98 Å². The number of nitrogens with two attached hydrogens (primary N) is 1. The van der Waals surface area contributed by atoms with E-state index < -0.39 is 0 Å². The van der Waals surface area contributed by atoms with E-state index in [-0.39, 0.29) is 0 Å². The van der Waals surface area contributed by atoms with Crippen LogP contribution in [-0.4, -0.2) is 38.4 Å². The molecule has 1 aromatic heterocycles. The highest BCUT2D eigenvalue weighted by molar-refractivity contribution is 5.55. The first-order chi connectivity index (χ1) is 8.72. The van der Waals surface area contributed by atoms with Gasteiger partial charge in [0.1, 0.15) is 5.82 Å². The minimum Gasteiger partial charge on any atom is -0.479 e. The van der Waals surface area contributed by atoms with Crippen LogP contribution in [0.25, 0.3) is 0 Å². The normalized spacial score (nSPS) is 27.1. The van der Waals surface area contributed by atoms with Crippen molar-refractivity contribution in [1.29, 1.82) is 0 Å². The average Bonchev–Trinajstić information content (AvgIpc) is 3.01. The van der Waals surface area contributed by atoms with Crippen LogP contribution in [0.4, 0.5) is 11.5 Å². The molecule has 2 aliphatic heterocycles. The van der Waals surface area contributed by atoms with Crippen molar-refractivity contribution in [2.45, 2.75) is 12.8 Å². The Bertz CT molecular complexity index is 444. The fourth-order valence-electron chi connectivity index (χ4n) is 2.88. The smallest absolute Gasteiger partial charge is 0.238 e. The number of ether oxygens (including phenoxy) is 2. The van der Waals surface area contributed by atoms with Crippen molar-refractivity contribution >= 4 is 11.5 Å².